The van der Waals surface area contributed by atoms with Gasteiger partial charge in [0.1, 0.15) is 12.1 Å². The number of rotatable bonds is 5. The van der Waals surface area contributed by atoms with Gasteiger partial charge in [-0.25, -0.2) is 4.79 Å². The van der Waals surface area contributed by atoms with Crippen molar-refractivity contribution in [2.45, 2.75) is 25.3 Å². The van der Waals surface area contributed by atoms with E-state index < -0.39 is 11.6 Å². The van der Waals surface area contributed by atoms with Crippen molar-refractivity contribution in [2.24, 2.45) is 0 Å². The fraction of sp³-hybridized carbons (Fsp3) is 0.667. The summed E-state index contributed by atoms with van der Waals surface area (Å²) in [5, 5.41) is 0.0182. The summed E-state index contributed by atoms with van der Waals surface area (Å²) in [4.78, 5) is 25.6. The molecule has 1 atom stereocenters. The molecule has 0 bridgehead atoms. The summed E-state index contributed by atoms with van der Waals surface area (Å²) in [6.07, 6.45) is 2.60. The van der Waals surface area contributed by atoms with Crippen LogP contribution in [0.5, 0.6) is 0 Å². The van der Waals surface area contributed by atoms with Gasteiger partial charge in [0, 0.05) is 12.3 Å². The highest BCUT2D eigenvalue weighted by molar-refractivity contribution is 8.14. The average Bonchev–Trinajstić information content (AvgIpc) is 2.76. The molecular weight excluding hydrogens is 270 g/mol. The van der Waals surface area contributed by atoms with Gasteiger partial charge in [-0.1, -0.05) is 24.4 Å². The Kier molecular flexibility index (Phi) is 6.08. The highest BCUT2D eigenvalue weighted by atomic mass is 32.2. The molecule has 0 aromatic rings. The fourth-order valence-electron chi connectivity index (χ4n) is 1.97. The van der Waals surface area contributed by atoms with Gasteiger partial charge in [0.2, 0.25) is 5.12 Å². The van der Waals surface area contributed by atoms with Crippen molar-refractivity contribution in [1.82, 2.24) is 4.90 Å². The van der Waals surface area contributed by atoms with E-state index in [0.29, 0.717) is 24.5 Å². The average molecular weight is 289 g/mol. The molecule has 0 spiro atoms. The monoisotopic (exact) mass is 289 g/mol. The lowest BCUT2D eigenvalue weighted by atomic mass is 10.0. The molecule has 0 aromatic carbocycles. The molecule has 1 heterocycles. The highest BCUT2D eigenvalue weighted by Gasteiger charge is 2.46. The molecule has 1 rings (SSSR count). The normalized spacial score (nSPS) is 22.9. The SMILES string of the molecule is C=CCOC(=O)N1CCCC1(C)C(=O)SCCS. The highest BCUT2D eigenvalue weighted by Crippen LogP contribution is 2.34. The molecule has 0 aliphatic carbocycles. The van der Waals surface area contributed by atoms with Gasteiger partial charge in [-0.3, -0.25) is 9.69 Å². The smallest absolute Gasteiger partial charge is 0.410 e. The molecule has 4 nitrogen and oxygen atoms in total. The zero-order chi connectivity index (χ0) is 13.6. The van der Waals surface area contributed by atoms with Crippen molar-refractivity contribution in [3.05, 3.63) is 12.7 Å². The van der Waals surface area contributed by atoms with Gasteiger partial charge in [-0.05, 0) is 25.5 Å². The topological polar surface area (TPSA) is 46.6 Å². The summed E-state index contributed by atoms with van der Waals surface area (Å²) in [6, 6.07) is 0. The molecule has 18 heavy (non-hydrogen) atoms. The third-order valence-electron chi connectivity index (χ3n) is 2.95. The van der Waals surface area contributed by atoms with Crippen molar-refractivity contribution in [3.8, 4) is 0 Å². The van der Waals surface area contributed by atoms with Crippen LogP contribution in [0.4, 0.5) is 4.79 Å². The molecule has 0 radical (unpaired) electrons. The number of thiol groups is 1. The van der Waals surface area contributed by atoms with E-state index >= 15 is 0 Å². The lowest BCUT2D eigenvalue weighted by Gasteiger charge is -2.32. The maximum Gasteiger partial charge on any atom is 0.410 e. The zero-order valence-electron chi connectivity index (χ0n) is 10.6. The van der Waals surface area contributed by atoms with Crippen molar-refractivity contribution in [2.75, 3.05) is 24.7 Å². The molecule has 1 aliphatic rings. The summed E-state index contributed by atoms with van der Waals surface area (Å²) >= 11 is 5.32. The number of hydrogen-bond donors (Lipinski definition) is 1. The molecule has 1 fully saturated rings. The Balaban J connectivity index is 2.69. The van der Waals surface area contributed by atoms with Crippen molar-refractivity contribution in [1.29, 1.82) is 0 Å². The molecule has 0 aromatic heterocycles. The Morgan fingerprint density at radius 1 is 1.61 bits per heavy atom. The van der Waals surface area contributed by atoms with Crippen LogP contribution in [0.3, 0.4) is 0 Å². The van der Waals surface area contributed by atoms with Crippen molar-refractivity contribution < 1.29 is 14.3 Å². The Bertz CT molecular complexity index is 335. The summed E-state index contributed by atoms with van der Waals surface area (Å²) in [6.45, 7) is 6.04. The second-order valence-corrected chi connectivity index (χ2v) is 5.77. The lowest BCUT2D eigenvalue weighted by molar-refractivity contribution is -0.119. The third kappa shape index (κ3) is 3.45. The first-order chi connectivity index (χ1) is 8.56. The van der Waals surface area contributed by atoms with Crippen LogP contribution >= 0.6 is 24.4 Å². The van der Waals surface area contributed by atoms with Gasteiger partial charge < -0.3 is 4.74 Å². The number of likely N-dealkylation sites (tertiary alicyclic amines) is 1. The van der Waals surface area contributed by atoms with Gasteiger partial charge in [0.15, 0.2) is 0 Å². The number of ether oxygens (including phenoxy) is 1. The van der Waals surface area contributed by atoms with Crippen LogP contribution in [-0.4, -0.2) is 46.3 Å². The van der Waals surface area contributed by atoms with Crippen LogP contribution in [0.25, 0.3) is 0 Å². The molecule has 1 unspecified atom stereocenters. The first kappa shape index (κ1) is 15.4. The van der Waals surface area contributed by atoms with Crippen molar-refractivity contribution in [3.63, 3.8) is 0 Å². The molecule has 1 amide bonds. The third-order valence-corrected chi connectivity index (χ3v) is 4.59. The second-order valence-electron chi connectivity index (χ2n) is 4.25. The van der Waals surface area contributed by atoms with Gasteiger partial charge in [0.25, 0.3) is 0 Å². The van der Waals surface area contributed by atoms with Gasteiger partial charge in [-0.2, -0.15) is 12.6 Å². The van der Waals surface area contributed by atoms with Crippen molar-refractivity contribution >= 4 is 35.6 Å². The van der Waals surface area contributed by atoms with E-state index in [1.165, 1.54) is 22.7 Å². The quantitative estimate of drug-likeness (QED) is 0.623. The Labute approximate surface area is 118 Å². The Morgan fingerprint density at radius 3 is 2.94 bits per heavy atom. The first-order valence-corrected chi connectivity index (χ1v) is 7.51. The van der Waals surface area contributed by atoms with Gasteiger partial charge >= 0.3 is 6.09 Å². The molecule has 1 saturated heterocycles. The van der Waals surface area contributed by atoms with Gasteiger partial charge in [0.05, 0.1) is 0 Å². The van der Waals surface area contributed by atoms with Crippen LogP contribution in [0.1, 0.15) is 19.8 Å². The maximum absolute atomic E-state index is 12.2. The number of amides is 1. The van der Waals surface area contributed by atoms with Crippen LogP contribution in [0.2, 0.25) is 0 Å². The number of hydrogen-bond acceptors (Lipinski definition) is 5. The molecule has 102 valence electrons. The van der Waals surface area contributed by atoms with E-state index in [-0.39, 0.29) is 11.7 Å². The largest absolute Gasteiger partial charge is 0.445 e. The molecular formula is C12H19NO3S2. The van der Waals surface area contributed by atoms with Gasteiger partial charge in [-0.15, -0.1) is 0 Å². The lowest BCUT2D eigenvalue weighted by Crippen LogP contribution is -2.50. The number of nitrogens with zero attached hydrogens (tertiary/aromatic N) is 1. The van der Waals surface area contributed by atoms with E-state index in [0.717, 1.165) is 6.42 Å². The number of carbonyl (C=O) groups is 2. The zero-order valence-corrected chi connectivity index (χ0v) is 12.3. The van der Waals surface area contributed by atoms with E-state index in [1.807, 2.05) is 6.92 Å². The summed E-state index contributed by atoms with van der Waals surface area (Å²) in [5.41, 5.74) is -0.744. The Morgan fingerprint density at radius 2 is 2.33 bits per heavy atom. The molecule has 6 heteroatoms. The minimum absolute atomic E-state index is 0.0182. The van der Waals surface area contributed by atoms with Crippen LogP contribution < -0.4 is 0 Å². The summed E-state index contributed by atoms with van der Waals surface area (Å²) in [7, 11) is 0. The second kappa shape index (κ2) is 7.09. The number of thioether (sulfide) groups is 1. The molecule has 0 saturated carbocycles. The maximum atomic E-state index is 12.2. The predicted molar refractivity (Wildman–Crippen MR) is 77.2 cm³/mol. The minimum Gasteiger partial charge on any atom is -0.445 e. The van der Waals surface area contributed by atoms with Crippen LogP contribution in [0.15, 0.2) is 12.7 Å². The fourth-order valence-corrected chi connectivity index (χ4v) is 3.04. The summed E-state index contributed by atoms with van der Waals surface area (Å²) < 4.78 is 5.02. The Hall–Kier alpha value is -0.620. The van der Waals surface area contributed by atoms with Crippen LogP contribution in [-0.2, 0) is 9.53 Å². The minimum atomic E-state index is -0.744. The first-order valence-electron chi connectivity index (χ1n) is 5.89. The molecule has 0 N–H and O–H groups in total. The number of carbonyl (C=O) groups excluding carboxylic acids is 2. The van der Waals surface area contributed by atoms with E-state index in [1.54, 1.807) is 0 Å². The van der Waals surface area contributed by atoms with Crippen LogP contribution in [0, 0.1) is 0 Å². The van der Waals surface area contributed by atoms with E-state index in [4.69, 9.17) is 4.74 Å². The summed E-state index contributed by atoms with van der Waals surface area (Å²) in [5.74, 6) is 1.31. The molecule has 1 aliphatic heterocycles. The standard InChI is InChI=1S/C12H19NO3S2/c1-3-7-16-11(15)13-6-4-5-12(13,2)10(14)18-9-8-17/h3,17H,1,4-9H2,2H3. The predicted octanol–water partition coefficient (Wildman–Crippen LogP) is 2.35. The van der Waals surface area contributed by atoms with E-state index in [2.05, 4.69) is 19.2 Å². The van der Waals surface area contributed by atoms with E-state index in [9.17, 15) is 9.59 Å².